The molecular formula is C13H9NO3S. The molecule has 0 bridgehead atoms. The van der Waals surface area contributed by atoms with Crippen molar-refractivity contribution in [2.75, 3.05) is 5.73 Å². The zero-order chi connectivity index (χ0) is 12.7. The van der Waals surface area contributed by atoms with Crippen LogP contribution in [0.5, 0.6) is 0 Å². The van der Waals surface area contributed by atoms with Gasteiger partial charge < -0.3 is 15.3 Å². The number of fused-ring (bicyclic) bond motifs is 1. The fraction of sp³-hybridized carbons (Fsp3) is 0. The molecule has 0 saturated carbocycles. The number of carboxylic acids is 1. The molecule has 3 N–H and O–H groups in total. The van der Waals surface area contributed by atoms with E-state index in [9.17, 15) is 4.79 Å². The number of nitrogens with two attached hydrogens (primary N) is 1. The van der Waals surface area contributed by atoms with Gasteiger partial charge in [-0.3, -0.25) is 0 Å². The number of hydrogen-bond acceptors (Lipinski definition) is 4. The second-order valence-electron chi connectivity index (χ2n) is 3.84. The lowest BCUT2D eigenvalue weighted by atomic mass is 10.1. The topological polar surface area (TPSA) is 76.5 Å². The van der Waals surface area contributed by atoms with Gasteiger partial charge in [-0.05, 0) is 6.07 Å². The van der Waals surface area contributed by atoms with Crippen LogP contribution in [0.4, 0.5) is 5.69 Å². The second-order valence-corrected chi connectivity index (χ2v) is 4.86. The van der Waals surface area contributed by atoms with Crippen LogP contribution in [-0.4, -0.2) is 11.1 Å². The van der Waals surface area contributed by atoms with Gasteiger partial charge in [0.2, 0.25) is 0 Å². The summed E-state index contributed by atoms with van der Waals surface area (Å²) in [5.41, 5.74) is 8.05. The fourth-order valence-electron chi connectivity index (χ4n) is 1.94. The number of furan rings is 1. The number of aromatic carboxylic acids is 1. The van der Waals surface area contributed by atoms with Crippen molar-refractivity contribution in [3.8, 4) is 11.1 Å². The Balaban J connectivity index is 2.35. The van der Waals surface area contributed by atoms with Crippen LogP contribution in [0.1, 0.15) is 9.67 Å². The molecule has 90 valence electrons. The van der Waals surface area contributed by atoms with E-state index in [-0.39, 0.29) is 4.88 Å². The summed E-state index contributed by atoms with van der Waals surface area (Å²) in [6.45, 7) is 0. The third kappa shape index (κ3) is 1.48. The highest BCUT2D eigenvalue weighted by molar-refractivity contribution is 7.22. The molecule has 0 fully saturated rings. The largest absolute Gasteiger partial charge is 0.477 e. The number of carbonyl (C=O) groups is 1. The molecule has 0 saturated heterocycles. The van der Waals surface area contributed by atoms with Crippen LogP contribution in [0.3, 0.4) is 0 Å². The molecule has 0 aliphatic rings. The second kappa shape index (κ2) is 3.89. The smallest absolute Gasteiger partial charge is 0.348 e. The van der Waals surface area contributed by atoms with E-state index < -0.39 is 5.97 Å². The van der Waals surface area contributed by atoms with Gasteiger partial charge in [0, 0.05) is 21.2 Å². The normalized spacial score (nSPS) is 10.9. The molecule has 4 nitrogen and oxygen atoms in total. The molecule has 0 spiro atoms. The van der Waals surface area contributed by atoms with Gasteiger partial charge in [-0.15, -0.1) is 11.3 Å². The molecule has 18 heavy (non-hydrogen) atoms. The Morgan fingerprint density at radius 1 is 1.33 bits per heavy atom. The maximum Gasteiger partial charge on any atom is 0.348 e. The minimum Gasteiger partial charge on any atom is -0.477 e. The molecule has 0 amide bonds. The van der Waals surface area contributed by atoms with Gasteiger partial charge in [0.15, 0.2) is 0 Å². The molecular weight excluding hydrogens is 250 g/mol. The Morgan fingerprint density at radius 3 is 2.83 bits per heavy atom. The Bertz CT molecular complexity index is 728. The number of benzene rings is 1. The molecule has 3 aromatic rings. The molecule has 0 aliphatic heterocycles. The van der Waals surface area contributed by atoms with Crippen molar-refractivity contribution in [1.82, 2.24) is 0 Å². The molecule has 1 aromatic carbocycles. The van der Waals surface area contributed by atoms with Crippen molar-refractivity contribution in [2.24, 2.45) is 0 Å². The van der Waals surface area contributed by atoms with E-state index in [0.717, 1.165) is 21.2 Å². The summed E-state index contributed by atoms with van der Waals surface area (Å²) >= 11 is 1.19. The van der Waals surface area contributed by atoms with Crippen molar-refractivity contribution in [2.45, 2.75) is 0 Å². The molecule has 2 aromatic heterocycles. The molecule has 2 heterocycles. The van der Waals surface area contributed by atoms with Gasteiger partial charge in [-0.2, -0.15) is 0 Å². The van der Waals surface area contributed by atoms with Crippen LogP contribution in [-0.2, 0) is 0 Å². The molecule has 0 aliphatic carbocycles. The standard InChI is InChI=1S/C13H9NO3S/c14-10-9-3-1-2-8(7-4-5-17-6-7)11(9)18-12(10)13(15)16/h1-6H,14H2,(H,15,16). The number of carboxylic acid groups (broad SMARTS) is 1. The number of nitrogen functional groups attached to an aromatic ring is 1. The van der Waals surface area contributed by atoms with E-state index in [1.54, 1.807) is 12.5 Å². The maximum atomic E-state index is 11.1. The first-order chi connectivity index (χ1) is 8.68. The molecule has 0 radical (unpaired) electrons. The molecule has 3 rings (SSSR count). The summed E-state index contributed by atoms with van der Waals surface area (Å²) in [5, 5.41) is 9.87. The van der Waals surface area contributed by atoms with Gasteiger partial charge in [0.1, 0.15) is 4.88 Å². The Hall–Kier alpha value is -2.27. The lowest BCUT2D eigenvalue weighted by Crippen LogP contribution is -1.96. The highest BCUT2D eigenvalue weighted by atomic mass is 32.1. The predicted octanol–water partition coefficient (Wildman–Crippen LogP) is 3.44. The van der Waals surface area contributed by atoms with Crippen molar-refractivity contribution in [1.29, 1.82) is 0 Å². The number of anilines is 1. The van der Waals surface area contributed by atoms with Crippen LogP contribution in [0, 0.1) is 0 Å². The van der Waals surface area contributed by atoms with Crippen molar-refractivity contribution in [3.63, 3.8) is 0 Å². The Kier molecular flexibility index (Phi) is 2.34. The first kappa shape index (κ1) is 10.9. The van der Waals surface area contributed by atoms with E-state index in [1.165, 1.54) is 11.3 Å². The molecule has 0 unspecified atom stereocenters. The minimum atomic E-state index is -0.994. The van der Waals surface area contributed by atoms with Crippen molar-refractivity contribution >= 4 is 33.1 Å². The monoisotopic (exact) mass is 259 g/mol. The summed E-state index contributed by atoms with van der Waals surface area (Å²) in [6.07, 6.45) is 3.22. The zero-order valence-corrected chi connectivity index (χ0v) is 10.0. The summed E-state index contributed by atoms with van der Waals surface area (Å²) < 4.78 is 5.93. The lowest BCUT2D eigenvalue weighted by Gasteiger charge is -1.99. The van der Waals surface area contributed by atoms with E-state index in [2.05, 4.69) is 0 Å². The summed E-state index contributed by atoms with van der Waals surface area (Å²) in [5.74, 6) is -0.994. The summed E-state index contributed by atoms with van der Waals surface area (Å²) in [7, 11) is 0. The van der Waals surface area contributed by atoms with E-state index >= 15 is 0 Å². The minimum absolute atomic E-state index is 0.181. The van der Waals surface area contributed by atoms with Crippen LogP contribution in [0.2, 0.25) is 0 Å². The van der Waals surface area contributed by atoms with E-state index in [0.29, 0.717) is 5.69 Å². The zero-order valence-electron chi connectivity index (χ0n) is 9.21. The Labute approximate surface area is 106 Å². The van der Waals surface area contributed by atoms with Gasteiger partial charge in [-0.1, -0.05) is 18.2 Å². The molecule has 0 atom stereocenters. The van der Waals surface area contributed by atoms with Crippen LogP contribution < -0.4 is 5.73 Å². The number of thiophene rings is 1. The Morgan fingerprint density at radius 2 is 2.17 bits per heavy atom. The fourth-order valence-corrected chi connectivity index (χ4v) is 3.04. The highest BCUT2D eigenvalue weighted by Crippen LogP contribution is 2.39. The lowest BCUT2D eigenvalue weighted by molar-refractivity contribution is 0.0703. The van der Waals surface area contributed by atoms with Crippen LogP contribution in [0.25, 0.3) is 21.2 Å². The first-order valence-corrected chi connectivity index (χ1v) is 6.07. The third-order valence-electron chi connectivity index (χ3n) is 2.78. The van der Waals surface area contributed by atoms with Gasteiger partial charge in [0.25, 0.3) is 0 Å². The number of hydrogen-bond donors (Lipinski definition) is 2. The SMILES string of the molecule is Nc1c(C(=O)O)sc2c(-c3ccoc3)cccc12. The van der Waals surface area contributed by atoms with Crippen LogP contribution in [0.15, 0.2) is 41.2 Å². The highest BCUT2D eigenvalue weighted by Gasteiger charge is 2.17. The first-order valence-electron chi connectivity index (χ1n) is 5.25. The summed E-state index contributed by atoms with van der Waals surface area (Å²) in [6, 6.07) is 7.45. The van der Waals surface area contributed by atoms with Crippen LogP contribution >= 0.6 is 11.3 Å². The van der Waals surface area contributed by atoms with Gasteiger partial charge >= 0.3 is 5.97 Å². The maximum absolute atomic E-state index is 11.1. The van der Waals surface area contributed by atoms with Crippen molar-refractivity contribution in [3.05, 3.63) is 41.7 Å². The van der Waals surface area contributed by atoms with Gasteiger partial charge in [-0.25, -0.2) is 4.79 Å². The average molecular weight is 259 g/mol. The van der Waals surface area contributed by atoms with E-state index in [4.69, 9.17) is 15.3 Å². The predicted molar refractivity (Wildman–Crippen MR) is 70.9 cm³/mol. The van der Waals surface area contributed by atoms with Gasteiger partial charge in [0.05, 0.1) is 18.2 Å². The quantitative estimate of drug-likeness (QED) is 0.739. The third-order valence-corrected chi connectivity index (χ3v) is 4.02. The summed E-state index contributed by atoms with van der Waals surface area (Å²) in [4.78, 5) is 11.3. The van der Waals surface area contributed by atoms with E-state index in [1.807, 2.05) is 24.3 Å². The number of rotatable bonds is 2. The average Bonchev–Trinajstić information content (AvgIpc) is 2.97. The van der Waals surface area contributed by atoms with Crippen molar-refractivity contribution < 1.29 is 14.3 Å². The molecule has 5 heteroatoms.